The first-order chi connectivity index (χ1) is 9.61. The van der Waals surface area contributed by atoms with Crippen LogP contribution in [0.4, 0.5) is 11.4 Å². The topological polar surface area (TPSA) is 64.8 Å². The van der Waals surface area contributed by atoms with Crippen LogP contribution in [-0.4, -0.2) is 37.0 Å². The van der Waals surface area contributed by atoms with Gasteiger partial charge >= 0.3 is 0 Å². The van der Waals surface area contributed by atoms with Crippen LogP contribution < -0.4 is 4.90 Å². The fraction of sp³-hybridized carbons (Fsp3) is 0.538. The second kappa shape index (κ2) is 5.20. The van der Waals surface area contributed by atoms with Crippen molar-refractivity contribution in [2.75, 3.05) is 31.2 Å². The van der Waals surface area contributed by atoms with E-state index >= 15 is 0 Å². The SMILES string of the molecule is O=[N+]([O-])c1cccc(Cl)c1N1CCC2(CC1)OCCO2. The quantitative estimate of drug-likeness (QED) is 0.620. The summed E-state index contributed by atoms with van der Waals surface area (Å²) in [7, 11) is 0. The molecule has 20 heavy (non-hydrogen) atoms. The minimum Gasteiger partial charge on any atom is -0.364 e. The maximum atomic E-state index is 11.1. The number of nitro groups is 1. The predicted molar refractivity (Wildman–Crippen MR) is 74.2 cm³/mol. The number of nitrogens with zero attached hydrogens (tertiary/aromatic N) is 2. The van der Waals surface area contributed by atoms with E-state index in [9.17, 15) is 10.1 Å². The van der Waals surface area contributed by atoms with Crippen LogP contribution in [0.1, 0.15) is 12.8 Å². The molecule has 2 heterocycles. The Bertz CT molecular complexity index is 521. The maximum Gasteiger partial charge on any atom is 0.294 e. The van der Waals surface area contributed by atoms with Gasteiger partial charge < -0.3 is 14.4 Å². The van der Waals surface area contributed by atoms with Crippen LogP contribution >= 0.6 is 11.6 Å². The molecule has 2 aliphatic heterocycles. The Morgan fingerprint density at radius 3 is 2.50 bits per heavy atom. The molecule has 0 amide bonds. The third-order valence-corrected chi connectivity index (χ3v) is 4.12. The van der Waals surface area contributed by atoms with E-state index in [-0.39, 0.29) is 5.69 Å². The van der Waals surface area contributed by atoms with Crippen LogP contribution in [0.15, 0.2) is 18.2 Å². The molecule has 1 aromatic carbocycles. The highest BCUT2D eigenvalue weighted by molar-refractivity contribution is 6.33. The number of para-hydroxylation sites is 1. The van der Waals surface area contributed by atoms with Crippen LogP contribution in [0, 0.1) is 10.1 Å². The normalized spacial score (nSPS) is 21.4. The summed E-state index contributed by atoms with van der Waals surface area (Å²) >= 11 is 6.15. The lowest BCUT2D eigenvalue weighted by Gasteiger charge is -2.38. The number of ether oxygens (including phenoxy) is 2. The molecule has 0 saturated carbocycles. The standard InChI is InChI=1S/C13H15ClN2O4/c14-10-2-1-3-11(16(17)18)12(10)15-6-4-13(5-7-15)19-8-9-20-13/h1-3H,4-9H2. The van der Waals surface area contributed by atoms with E-state index in [4.69, 9.17) is 21.1 Å². The van der Waals surface area contributed by atoms with Crippen molar-refractivity contribution < 1.29 is 14.4 Å². The lowest BCUT2D eigenvalue weighted by Crippen LogP contribution is -2.45. The molecule has 0 aliphatic carbocycles. The maximum absolute atomic E-state index is 11.1. The number of hydrogen-bond acceptors (Lipinski definition) is 5. The zero-order chi connectivity index (χ0) is 14.2. The van der Waals surface area contributed by atoms with Gasteiger partial charge in [-0.1, -0.05) is 17.7 Å². The first-order valence-corrected chi connectivity index (χ1v) is 6.95. The molecular formula is C13H15ClN2O4. The van der Waals surface area contributed by atoms with E-state index in [0.717, 1.165) is 0 Å². The summed E-state index contributed by atoms with van der Waals surface area (Å²) in [6.45, 7) is 2.49. The number of benzene rings is 1. The third kappa shape index (κ3) is 2.34. The van der Waals surface area contributed by atoms with E-state index in [1.54, 1.807) is 12.1 Å². The highest BCUT2D eigenvalue weighted by Gasteiger charge is 2.41. The van der Waals surface area contributed by atoms with E-state index < -0.39 is 10.7 Å². The number of rotatable bonds is 2. The highest BCUT2D eigenvalue weighted by Crippen LogP contribution is 2.39. The first-order valence-electron chi connectivity index (χ1n) is 6.57. The van der Waals surface area contributed by atoms with Crippen molar-refractivity contribution in [3.8, 4) is 0 Å². The lowest BCUT2D eigenvalue weighted by atomic mass is 10.0. The number of anilines is 1. The van der Waals surface area contributed by atoms with Gasteiger partial charge in [0.05, 0.1) is 23.2 Å². The smallest absolute Gasteiger partial charge is 0.294 e. The van der Waals surface area contributed by atoms with Crippen molar-refractivity contribution in [2.45, 2.75) is 18.6 Å². The predicted octanol–water partition coefficient (Wildman–Crippen LogP) is 2.59. The van der Waals surface area contributed by atoms with Crippen LogP contribution in [-0.2, 0) is 9.47 Å². The van der Waals surface area contributed by atoms with Crippen molar-refractivity contribution in [1.29, 1.82) is 0 Å². The van der Waals surface area contributed by atoms with Gasteiger partial charge in [0.15, 0.2) is 5.79 Å². The molecule has 0 bridgehead atoms. The average molecular weight is 299 g/mol. The number of piperidine rings is 1. The molecule has 0 unspecified atom stereocenters. The van der Waals surface area contributed by atoms with Gasteiger partial charge in [-0.05, 0) is 6.07 Å². The Kier molecular flexibility index (Phi) is 3.54. The lowest BCUT2D eigenvalue weighted by molar-refractivity contribution is -0.384. The summed E-state index contributed by atoms with van der Waals surface area (Å²) < 4.78 is 11.3. The molecule has 108 valence electrons. The fourth-order valence-electron chi connectivity index (χ4n) is 2.82. The van der Waals surface area contributed by atoms with Crippen LogP contribution in [0.25, 0.3) is 0 Å². The molecule has 2 aliphatic rings. The third-order valence-electron chi connectivity index (χ3n) is 3.82. The van der Waals surface area contributed by atoms with Crippen molar-refractivity contribution >= 4 is 23.0 Å². The minimum atomic E-state index is -0.494. The highest BCUT2D eigenvalue weighted by atomic mass is 35.5. The summed E-state index contributed by atoms with van der Waals surface area (Å²) in [5, 5.41) is 11.5. The molecule has 0 atom stereocenters. The van der Waals surface area contributed by atoms with Crippen LogP contribution in [0.5, 0.6) is 0 Å². The minimum absolute atomic E-state index is 0.0432. The molecule has 0 N–H and O–H groups in total. The second-order valence-corrected chi connectivity index (χ2v) is 5.37. The van der Waals surface area contributed by atoms with E-state index in [1.165, 1.54) is 6.07 Å². The van der Waals surface area contributed by atoms with E-state index in [1.807, 2.05) is 4.90 Å². The second-order valence-electron chi connectivity index (χ2n) is 4.96. The molecule has 2 fully saturated rings. The Hall–Kier alpha value is -1.37. The average Bonchev–Trinajstić information content (AvgIpc) is 2.88. The summed E-state index contributed by atoms with van der Waals surface area (Å²) in [5.74, 6) is -0.494. The van der Waals surface area contributed by atoms with Gasteiger partial charge in [-0.15, -0.1) is 0 Å². The summed E-state index contributed by atoms with van der Waals surface area (Å²) in [5.41, 5.74) is 0.536. The number of hydrogen-bond donors (Lipinski definition) is 0. The molecule has 0 radical (unpaired) electrons. The van der Waals surface area contributed by atoms with Crippen molar-refractivity contribution in [1.82, 2.24) is 0 Å². The first kappa shape index (κ1) is 13.6. The monoisotopic (exact) mass is 298 g/mol. The van der Waals surface area contributed by atoms with Gasteiger partial charge in [0.25, 0.3) is 5.69 Å². The zero-order valence-corrected chi connectivity index (χ0v) is 11.6. The van der Waals surface area contributed by atoms with Gasteiger partial charge in [0.2, 0.25) is 0 Å². The Morgan fingerprint density at radius 1 is 1.25 bits per heavy atom. The number of nitro benzene ring substituents is 1. The van der Waals surface area contributed by atoms with Gasteiger partial charge in [-0.25, -0.2) is 0 Å². The summed E-state index contributed by atoms with van der Waals surface area (Å²) in [4.78, 5) is 12.7. The molecule has 3 rings (SSSR count). The van der Waals surface area contributed by atoms with E-state index in [0.29, 0.717) is 49.9 Å². The molecule has 2 saturated heterocycles. The Morgan fingerprint density at radius 2 is 1.90 bits per heavy atom. The largest absolute Gasteiger partial charge is 0.364 e. The van der Waals surface area contributed by atoms with Gasteiger partial charge in [-0.3, -0.25) is 10.1 Å². The van der Waals surface area contributed by atoms with Gasteiger partial charge in [-0.2, -0.15) is 0 Å². The van der Waals surface area contributed by atoms with Crippen molar-refractivity contribution in [3.05, 3.63) is 33.3 Å². The van der Waals surface area contributed by atoms with Gasteiger partial charge in [0.1, 0.15) is 5.69 Å². The van der Waals surface area contributed by atoms with Crippen LogP contribution in [0.2, 0.25) is 5.02 Å². The van der Waals surface area contributed by atoms with Crippen molar-refractivity contribution in [2.24, 2.45) is 0 Å². The molecule has 1 aromatic rings. The Balaban J connectivity index is 1.83. The number of halogens is 1. The molecular weight excluding hydrogens is 284 g/mol. The van der Waals surface area contributed by atoms with Gasteiger partial charge in [0, 0.05) is 32.0 Å². The summed E-state index contributed by atoms with van der Waals surface area (Å²) in [6, 6.07) is 4.75. The molecule has 7 heteroatoms. The van der Waals surface area contributed by atoms with Crippen molar-refractivity contribution in [3.63, 3.8) is 0 Å². The fourth-order valence-corrected chi connectivity index (χ4v) is 3.11. The Labute approximate surface area is 121 Å². The molecule has 0 aromatic heterocycles. The van der Waals surface area contributed by atoms with Crippen LogP contribution in [0.3, 0.4) is 0 Å². The van der Waals surface area contributed by atoms with E-state index in [2.05, 4.69) is 0 Å². The zero-order valence-electron chi connectivity index (χ0n) is 10.9. The summed E-state index contributed by atoms with van der Waals surface area (Å²) in [6.07, 6.45) is 1.38. The molecule has 6 nitrogen and oxygen atoms in total. The molecule has 1 spiro atoms.